The third-order valence-electron chi connectivity index (χ3n) is 1.92. The average molecular weight is 221 g/mol. The number of nitrogens with one attached hydrogen (secondary N) is 2. The van der Waals surface area contributed by atoms with Gasteiger partial charge in [0.15, 0.2) is 0 Å². The molecule has 1 aromatic heterocycles. The van der Waals surface area contributed by atoms with Gasteiger partial charge < -0.3 is 0 Å². The zero-order valence-corrected chi connectivity index (χ0v) is 9.10. The van der Waals surface area contributed by atoms with Gasteiger partial charge in [0.1, 0.15) is 0 Å². The Morgan fingerprint density at radius 2 is 2.27 bits per heavy atom. The maximum absolute atomic E-state index is 11.0. The Hall–Kier alpha value is -1.62. The van der Waals surface area contributed by atoms with E-state index in [0.717, 1.165) is 10.2 Å². The molecule has 0 aliphatic carbocycles. The molecule has 0 fully saturated rings. The number of rotatable bonds is 3. The molecule has 2 aromatic rings. The average Bonchev–Trinajstić information content (AvgIpc) is 2.68. The molecule has 15 heavy (non-hydrogen) atoms. The second kappa shape index (κ2) is 4.27. The molecule has 0 aliphatic heterocycles. The molecule has 0 aliphatic rings. The molecule has 78 valence electrons. The third-order valence-corrected chi connectivity index (χ3v) is 2.88. The first kappa shape index (κ1) is 9.92. The molecule has 2 N–H and O–H groups in total. The van der Waals surface area contributed by atoms with Crippen molar-refractivity contribution in [2.75, 3.05) is 5.43 Å². The van der Waals surface area contributed by atoms with E-state index in [1.165, 1.54) is 11.3 Å². The standard InChI is InChI=1S/C10H11N3OS/c1-2-9(14)12-13-10-11-7-5-3-4-6-8(7)15-10/h3-6H,2H2,1H3,(H,11,13)(H,12,14). The van der Waals surface area contributed by atoms with Gasteiger partial charge in [-0.25, -0.2) is 4.98 Å². The predicted octanol–water partition coefficient (Wildman–Crippen LogP) is 2.15. The van der Waals surface area contributed by atoms with Gasteiger partial charge in [-0.2, -0.15) is 0 Å². The first-order chi connectivity index (χ1) is 7.29. The number of fused-ring (bicyclic) bond motifs is 1. The first-order valence-corrected chi connectivity index (χ1v) is 5.51. The van der Waals surface area contributed by atoms with Crippen LogP contribution >= 0.6 is 11.3 Å². The molecule has 4 nitrogen and oxygen atoms in total. The fourth-order valence-corrected chi connectivity index (χ4v) is 1.96. The van der Waals surface area contributed by atoms with Crippen molar-refractivity contribution in [3.63, 3.8) is 0 Å². The third kappa shape index (κ3) is 2.24. The number of nitrogens with zero attached hydrogens (tertiary/aromatic N) is 1. The Morgan fingerprint density at radius 1 is 1.47 bits per heavy atom. The number of carbonyl (C=O) groups is 1. The molecule has 0 bridgehead atoms. The van der Waals surface area contributed by atoms with Gasteiger partial charge in [0.2, 0.25) is 11.0 Å². The number of amides is 1. The summed E-state index contributed by atoms with van der Waals surface area (Å²) in [6, 6.07) is 7.85. The van der Waals surface area contributed by atoms with Crippen LogP contribution in [0.5, 0.6) is 0 Å². The lowest BCUT2D eigenvalue weighted by molar-refractivity contribution is -0.120. The SMILES string of the molecule is CCC(=O)NNc1nc2ccccc2s1. The molecular weight excluding hydrogens is 210 g/mol. The van der Waals surface area contributed by atoms with Gasteiger partial charge in [-0.3, -0.25) is 15.6 Å². The summed E-state index contributed by atoms with van der Waals surface area (Å²) in [6.07, 6.45) is 0.456. The fraction of sp³-hybridized carbons (Fsp3) is 0.200. The first-order valence-electron chi connectivity index (χ1n) is 4.70. The number of para-hydroxylation sites is 1. The van der Waals surface area contributed by atoms with Crippen LogP contribution in [0, 0.1) is 0 Å². The lowest BCUT2D eigenvalue weighted by atomic mass is 10.3. The second-order valence-electron chi connectivity index (χ2n) is 3.01. The highest BCUT2D eigenvalue weighted by molar-refractivity contribution is 7.22. The van der Waals surface area contributed by atoms with Crippen molar-refractivity contribution >= 4 is 32.6 Å². The lowest BCUT2D eigenvalue weighted by Crippen LogP contribution is -2.28. The van der Waals surface area contributed by atoms with E-state index in [1.807, 2.05) is 24.3 Å². The topological polar surface area (TPSA) is 54.0 Å². The van der Waals surface area contributed by atoms with Crippen molar-refractivity contribution in [1.82, 2.24) is 10.4 Å². The summed E-state index contributed by atoms with van der Waals surface area (Å²) in [6.45, 7) is 1.80. The highest BCUT2D eigenvalue weighted by atomic mass is 32.1. The molecule has 0 atom stereocenters. The maximum atomic E-state index is 11.0. The molecule has 0 unspecified atom stereocenters. The van der Waals surface area contributed by atoms with Gasteiger partial charge in [-0.05, 0) is 12.1 Å². The van der Waals surface area contributed by atoms with Crippen LogP contribution < -0.4 is 10.9 Å². The van der Waals surface area contributed by atoms with Gasteiger partial charge in [-0.15, -0.1) is 0 Å². The lowest BCUT2D eigenvalue weighted by Gasteiger charge is -2.01. The molecule has 1 heterocycles. The van der Waals surface area contributed by atoms with E-state index in [9.17, 15) is 4.79 Å². The van der Waals surface area contributed by atoms with Gasteiger partial charge in [-0.1, -0.05) is 30.4 Å². The summed E-state index contributed by atoms with van der Waals surface area (Å²) in [5.41, 5.74) is 6.30. The number of hydrogen-bond donors (Lipinski definition) is 2. The van der Waals surface area contributed by atoms with Crippen LogP contribution in [0.25, 0.3) is 10.2 Å². The monoisotopic (exact) mass is 221 g/mol. The highest BCUT2D eigenvalue weighted by Gasteiger charge is 2.02. The van der Waals surface area contributed by atoms with Crippen molar-refractivity contribution in [2.45, 2.75) is 13.3 Å². The smallest absolute Gasteiger partial charge is 0.238 e. The molecule has 0 radical (unpaired) electrons. The van der Waals surface area contributed by atoms with Crippen molar-refractivity contribution in [3.05, 3.63) is 24.3 Å². The van der Waals surface area contributed by atoms with Crippen molar-refractivity contribution < 1.29 is 4.79 Å². The summed E-state index contributed by atoms with van der Waals surface area (Å²) in [5.74, 6) is -0.0470. The molecule has 0 saturated heterocycles. The van der Waals surface area contributed by atoms with Gasteiger partial charge in [0.05, 0.1) is 10.2 Å². The zero-order chi connectivity index (χ0) is 10.7. The minimum absolute atomic E-state index is 0.0470. The van der Waals surface area contributed by atoms with Crippen LogP contribution in [-0.4, -0.2) is 10.9 Å². The fourth-order valence-electron chi connectivity index (χ4n) is 1.14. The summed E-state index contributed by atoms with van der Waals surface area (Å²) in [5, 5.41) is 0.706. The molecule has 0 saturated carbocycles. The van der Waals surface area contributed by atoms with Gasteiger partial charge >= 0.3 is 0 Å². The van der Waals surface area contributed by atoms with Crippen LogP contribution in [0.2, 0.25) is 0 Å². The molecule has 2 rings (SSSR count). The number of thiazole rings is 1. The Balaban J connectivity index is 2.12. The summed E-state index contributed by atoms with van der Waals surface area (Å²) < 4.78 is 1.10. The molecule has 5 heteroatoms. The van der Waals surface area contributed by atoms with Crippen LogP contribution in [-0.2, 0) is 4.79 Å². The van der Waals surface area contributed by atoms with E-state index in [-0.39, 0.29) is 5.91 Å². The molecular formula is C10H11N3OS. The number of hydrazine groups is 1. The number of aromatic nitrogens is 1. The van der Waals surface area contributed by atoms with Crippen molar-refractivity contribution in [2.24, 2.45) is 0 Å². The van der Waals surface area contributed by atoms with E-state index >= 15 is 0 Å². The van der Waals surface area contributed by atoms with E-state index in [4.69, 9.17) is 0 Å². The molecule has 1 amide bonds. The van der Waals surface area contributed by atoms with Crippen LogP contribution in [0.1, 0.15) is 13.3 Å². The zero-order valence-electron chi connectivity index (χ0n) is 8.28. The van der Waals surface area contributed by atoms with E-state index in [1.54, 1.807) is 6.92 Å². The van der Waals surface area contributed by atoms with Crippen LogP contribution in [0.15, 0.2) is 24.3 Å². The largest absolute Gasteiger partial charge is 0.273 e. The Kier molecular flexibility index (Phi) is 2.82. The van der Waals surface area contributed by atoms with Crippen LogP contribution in [0.4, 0.5) is 5.13 Å². The molecule has 0 spiro atoms. The summed E-state index contributed by atoms with van der Waals surface area (Å²) in [4.78, 5) is 15.3. The number of benzene rings is 1. The quantitative estimate of drug-likeness (QED) is 0.781. The number of carbonyl (C=O) groups excluding carboxylic acids is 1. The Morgan fingerprint density at radius 3 is 3.00 bits per heavy atom. The molecule has 1 aromatic carbocycles. The van der Waals surface area contributed by atoms with E-state index in [2.05, 4.69) is 15.8 Å². The summed E-state index contributed by atoms with van der Waals surface area (Å²) >= 11 is 1.51. The maximum Gasteiger partial charge on any atom is 0.238 e. The van der Waals surface area contributed by atoms with Crippen molar-refractivity contribution in [3.8, 4) is 0 Å². The summed E-state index contributed by atoms with van der Waals surface area (Å²) in [7, 11) is 0. The minimum Gasteiger partial charge on any atom is -0.273 e. The van der Waals surface area contributed by atoms with Crippen molar-refractivity contribution in [1.29, 1.82) is 0 Å². The predicted molar refractivity (Wildman–Crippen MR) is 61.7 cm³/mol. The second-order valence-corrected chi connectivity index (χ2v) is 4.04. The van der Waals surface area contributed by atoms with Crippen LogP contribution in [0.3, 0.4) is 0 Å². The minimum atomic E-state index is -0.0470. The van der Waals surface area contributed by atoms with Gasteiger partial charge in [0, 0.05) is 6.42 Å². The number of anilines is 1. The number of hydrogen-bond acceptors (Lipinski definition) is 4. The van der Waals surface area contributed by atoms with Gasteiger partial charge in [0.25, 0.3) is 0 Å². The Bertz CT molecular complexity index is 447. The Labute approximate surface area is 91.3 Å². The normalized spacial score (nSPS) is 10.2. The van der Waals surface area contributed by atoms with E-state index in [0.29, 0.717) is 11.6 Å². The van der Waals surface area contributed by atoms with E-state index < -0.39 is 0 Å². The highest BCUT2D eigenvalue weighted by Crippen LogP contribution is 2.24.